The average molecular weight is 247 g/mol. The molecule has 0 aliphatic carbocycles. The lowest BCUT2D eigenvalue weighted by atomic mass is 10.1. The zero-order valence-corrected chi connectivity index (χ0v) is 10.3. The van der Waals surface area contributed by atoms with Crippen LogP contribution in [0.25, 0.3) is 11.0 Å². The minimum absolute atomic E-state index is 0.227. The highest BCUT2D eigenvalue weighted by atomic mass is 16.3. The van der Waals surface area contributed by atoms with Crippen molar-refractivity contribution in [3.63, 3.8) is 0 Å². The zero-order valence-electron chi connectivity index (χ0n) is 10.3. The van der Waals surface area contributed by atoms with E-state index in [1.165, 1.54) is 6.33 Å². The summed E-state index contributed by atoms with van der Waals surface area (Å²) < 4.78 is 0. The van der Waals surface area contributed by atoms with E-state index in [0.717, 1.165) is 29.7 Å². The number of anilines is 1. The van der Waals surface area contributed by atoms with Gasteiger partial charge in [-0.25, -0.2) is 9.97 Å². The SMILES string of the molecule is CC1CN(Cc2c[nH]c3c(N)ncnc23)CC1O. The van der Waals surface area contributed by atoms with Gasteiger partial charge in [-0.2, -0.15) is 0 Å². The van der Waals surface area contributed by atoms with Gasteiger partial charge in [0.05, 0.1) is 11.6 Å². The Labute approximate surface area is 105 Å². The summed E-state index contributed by atoms with van der Waals surface area (Å²) in [5.41, 5.74) is 8.55. The maximum atomic E-state index is 9.76. The Morgan fingerprint density at radius 2 is 2.33 bits per heavy atom. The van der Waals surface area contributed by atoms with Gasteiger partial charge in [0.15, 0.2) is 5.82 Å². The first-order valence-corrected chi connectivity index (χ1v) is 6.12. The minimum Gasteiger partial charge on any atom is -0.391 e. The molecule has 4 N–H and O–H groups in total. The lowest BCUT2D eigenvalue weighted by Crippen LogP contribution is -2.21. The molecule has 1 aliphatic heterocycles. The van der Waals surface area contributed by atoms with Gasteiger partial charge in [0.25, 0.3) is 0 Å². The van der Waals surface area contributed by atoms with Crippen molar-refractivity contribution in [3.8, 4) is 0 Å². The average Bonchev–Trinajstić information content (AvgIpc) is 2.86. The van der Waals surface area contributed by atoms with Crippen LogP contribution in [-0.2, 0) is 6.54 Å². The normalized spacial score (nSPS) is 25.0. The smallest absolute Gasteiger partial charge is 0.151 e. The third-order valence-corrected chi connectivity index (χ3v) is 3.61. The molecule has 0 amide bonds. The van der Waals surface area contributed by atoms with Gasteiger partial charge in [-0.15, -0.1) is 0 Å². The molecule has 0 saturated carbocycles. The number of fused-ring (bicyclic) bond motifs is 1. The van der Waals surface area contributed by atoms with E-state index in [9.17, 15) is 5.11 Å². The summed E-state index contributed by atoms with van der Waals surface area (Å²) in [5, 5.41) is 9.76. The second-order valence-electron chi connectivity index (χ2n) is 5.04. The summed E-state index contributed by atoms with van der Waals surface area (Å²) in [7, 11) is 0. The Morgan fingerprint density at radius 3 is 3.06 bits per heavy atom. The standard InChI is InChI=1S/C12H17N5O/c1-7-3-17(5-9(7)18)4-8-2-14-11-10(8)15-6-16-12(11)13/h2,6-7,9,14,18H,3-5H2,1H3,(H2,13,15,16). The summed E-state index contributed by atoms with van der Waals surface area (Å²) in [6.07, 6.45) is 3.18. The van der Waals surface area contributed by atoms with Crippen LogP contribution >= 0.6 is 0 Å². The molecule has 1 fully saturated rings. The molecule has 3 rings (SSSR count). The maximum absolute atomic E-state index is 9.76. The van der Waals surface area contributed by atoms with Crippen LogP contribution in [0.4, 0.5) is 5.82 Å². The van der Waals surface area contributed by atoms with Gasteiger partial charge in [0.1, 0.15) is 11.8 Å². The number of aliphatic hydroxyl groups is 1. The predicted molar refractivity (Wildman–Crippen MR) is 68.7 cm³/mol. The van der Waals surface area contributed by atoms with E-state index in [1.807, 2.05) is 6.20 Å². The van der Waals surface area contributed by atoms with Crippen molar-refractivity contribution in [1.29, 1.82) is 0 Å². The summed E-state index contributed by atoms with van der Waals surface area (Å²) >= 11 is 0. The topological polar surface area (TPSA) is 91.1 Å². The highest BCUT2D eigenvalue weighted by Crippen LogP contribution is 2.23. The lowest BCUT2D eigenvalue weighted by molar-refractivity contribution is 0.147. The van der Waals surface area contributed by atoms with E-state index in [2.05, 4.69) is 26.8 Å². The molecular weight excluding hydrogens is 230 g/mol. The quantitative estimate of drug-likeness (QED) is 0.712. The van der Waals surface area contributed by atoms with E-state index >= 15 is 0 Å². The maximum Gasteiger partial charge on any atom is 0.151 e. The number of nitrogens with zero attached hydrogens (tertiary/aromatic N) is 3. The second-order valence-corrected chi connectivity index (χ2v) is 5.04. The number of nitrogens with two attached hydrogens (primary N) is 1. The number of nitrogens with one attached hydrogen (secondary N) is 1. The molecule has 2 atom stereocenters. The van der Waals surface area contributed by atoms with E-state index in [0.29, 0.717) is 18.3 Å². The summed E-state index contributed by atoms with van der Waals surface area (Å²) in [4.78, 5) is 13.6. The van der Waals surface area contributed by atoms with Crippen molar-refractivity contribution in [2.45, 2.75) is 19.6 Å². The number of rotatable bonds is 2. The molecule has 0 bridgehead atoms. The minimum atomic E-state index is -0.227. The van der Waals surface area contributed by atoms with Crippen LogP contribution in [-0.4, -0.2) is 44.2 Å². The first kappa shape index (κ1) is 11.4. The van der Waals surface area contributed by atoms with Gasteiger partial charge in [-0.1, -0.05) is 6.92 Å². The van der Waals surface area contributed by atoms with Crippen LogP contribution < -0.4 is 5.73 Å². The summed E-state index contributed by atoms with van der Waals surface area (Å²) in [5.74, 6) is 0.802. The first-order chi connectivity index (χ1) is 8.65. The largest absolute Gasteiger partial charge is 0.391 e. The highest BCUT2D eigenvalue weighted by Gasteiger charge is 2.28. The third kappa shape index (κ3) is 1.83. The molecule has 6 nitrogen and oxygen atoms in total. The van der Waals surface area contributed by atoms with Crippen LogP contribution in [0.2, 0.25) is 0 Å². The Hall–Kier alpha value is -1.66. The molecule has 0 radical (unpaired) electrons. The number of nitrogen functional groups attached to an aromatic ring is 1. The molecule has 0 spiro atoms. The molecule has 0 aromatic carbocycles. The molecular formula is C12H17N5O. The molecule has 3 heterocycles. The van der Waals surface area contributed by atoms with E-state index in [4.69, 9.17) is 5.73 Å². The number of aliphatic hydroxyl groups excluding tert-OH is 1. The van der Waals surface area contributed by atoms with E-state index < -0.39 is 0 Å². The van der Waals surface area contributed by atoms with Crippen molar-refractivity contribution in [2.75, 3.05) is 18.8 Å². The Morgan fingerprint density at radius 1 is 1.50 bits per heavy atom. The van der Waals surface area contributed by atoms with Gasteiger partial charge >= 0.3 is 0 Å². The summed E-state index contributed by atoms with van der Waals surface area (Å²) in [6.45, 7) is 4.47. The van der Waals surface area contributed by atoms with Crippen molar-refractivity contribution < 1.29 is 5.11 Å². The van der Waals surface area contributed by atoms with E-state index in [1.54, 1.807) is 0 Å². The number of β-amino-alcohol motifs (C(OH)–C–C–N with tert-alkyl or cyclic N) is 1. The predicted octanol–water partition coefficient (Wildman–Crippen LogP) is 0.353. The number of aromatic amines is 1. The van der Waals surface area contributed by atoms with Crippen molar-refractivity contribution in [3.05, 3.63) is 18.1 Å². The molecule has 18 heavy (non-hydrogen) atoms. The molecule has 2 aromatic rings. The molecule has 6 heteroatoms. The molecule has 2 aromatic heterocycles. The van der Waals surface area contributed by atoms with Gasteiger partial charge in [-0.05, 0) is 5.92 Å². The van der Waals surface area contributed by atoms with Crippen LogP contribution in [0.1, 0.15) is 12.5 Å². The van der Waals surface area contributed by atoms with E-state index in [-0.39, 0.29) is 6.10 Å². The number of hydrogen-bond donors (Lipinski definition) is 3. The third-order valence-electron chi connectivity index (χ3n) is 3.61. The van der Waals surface area contributed by atoms with Crippen LogP contribution in [0.5, 0.6) is 0 Å². The fourth-order valence-corrected chi connectivity index (χ4v) is 2.55. The number of hydrogen-bond acceptors (Lipinski definition) is 5. The van der Waals surface area contributed by atoms with Crippen LogP contribution in [0, 0.1) is 5.92 Å². The van der Waals surface area contributed by atoms with Gasteiger partial charge in [-0.3, -0.25) is 4.90 Å². The Kier molecular flexibility index (Phi) is 2.68. The number of aromatic nitrogens is 3. The number of H-pyrrole nitrogens is 1. The van der Waals surface area contributed by atoms with Crippen molar-refractivity contribution >= 4 is 16.9 Å². The van der Waals surface area contributed by atoms with Crippen molar-refractivity contribution in [1.82, 2.24) is 19.9 Å². The van der Waals surface area contributed by atoms with Gasteiger partial charge in [0, 0.05) is 31.4 Å². The fourth-order valence-electron chi connectivity index (χ4n) is 2.55. The molecule has 2 unspecified atom stereocenters. The van der Waals surface area contributed by atoms with Crippen LogP contribution in [0.15, 0.2) is 12.5 Å². The fraction of sp³-hybridized carbons (Fsp3) is 0.500. The molecule has 96 valence electrons. The van der Waals surface area contributed by atoms with Gasteiger partial charge in [0.2, 0.25) is 0 Å². The highest BCUT2D eigenvalue weighted by molar-refractivity contribution is 5.86. The molecule has 1 saturated heterocycles. The lowest BCUT2D eigenvalue weighted by Gasteiger charge is -2.13. The molecule has 1 aliphatic rings. The van der Waals surface area contributed by atoms with Crippen molar-refractivity contribution in [2.24, 2.45) is 5.92 Å². The first-order valence-electron chi connectivity index (χ1n) is 6.12. The Bertz CT molecular complexity index is 557. The van der Waals surface area contributed by atoms with Gasteiger partial charge < -0.3 is 15.8 Å². The zero-order chi connectivity index (χ0) is 12.7. The monoisotopic (exact) mass is 247 g/mol. The second kappa shape index (κ2) is 4.22. The Balaban J connectivity index is 1.85. The number of likely N-dealkylation sites (tertiary alicyclic amines) is 1. The summed E-state index contributed by atoms with van der Waals surface area (Å²) in [6, 6.07) is 0. The van der Waals surface area contributed by atoms with Crippen LogP contribution in [0.3, 0.4) is 0 Å².